The van der Waals surface area contributed by atoms with Crippen molar-refractivity contribution in [3.8, 4) is 5.75 Å². The number of hydrogen-bond acceptors (Lipinski definition) is 5. The van der Waals surface area contributed by atoms with Crippen molar-refractivity contribution in [2.75, 3.05) is 19.0 Å². The van der Waals surface area contributed by atoms with E-state index >= 15 is 0 Å². The van der Waals surface area contributed by atoms with Crippen LogP contribution in [0.1, 0.15) is 12.5 Å². The maximum atomic E-state index is 9.75. The molecule has 1 atom stereocenters. The molecular weight excluding hydrogens is 278 g/mol. The van der Waals surface area contributed by atoms with Crippen LogP contribution in [0.2, 0.25) is 5.15 Å². The summed E-state index contributed by atoms with van der Waals surface area (Å²) in [5.41, 5.74) is 0.228. The largest absolute Gasteiger partial charge is 0.490 e. The number of halogens is 1. The van der Waals surface area contributed by atoms with E-state index in [0.29, 0.717) is 11.6 Å². The van der Waals surface area contributed by atoms with Gasteiger partial charge >= 0.3 is 0 Å². The van der Waals surface area contributed by atoms with Gasteiger partial charge in [0.25, 0.3) is 0 Å². The highest BCUT2D eigenvalue weighted by atomic mass is 35.5. The van der Waals surface area contributed by atoms with Gasteiger partial charge in [-0.2, -0.15) is 0 Å². The van der Waals surface area contributed by atoms with E-state index in [0.717, 1.165) is 5.56 Å². The second-order valence-corrected chi connectivity index (χ2v) is 4.89. The second kappa shape index (κ2) is 6.07. The van der Waals surface area contributed by atoms with Gasteiger partial charge in [0.05, 0.1) is 19.3 Å². The molecule has 0 aliphatic heterocycles. The van der Waals surface area contributed by atoms with E-state index in [2.05, 4.69) is 15.3 Å². The van der Waals surface area contributed by atoms with Gasteiger partial charge in [0.2, 0.25) is 0 Å². The van der Waals surface area contributed by atoms with Crippen molar-refractivity contribution in [2.45, 2.75) is 12.5 Å². The molecule has 20 heavy (non-hydrogen) atoms. The van der Waals surface area contributed by atoms with E-state index in [9.17, 15) is 5.11 Å². The van der Waals surface area contributed by atoms with E-state index in [1.807, 2.05) is 37.3 Å². The molecule has 0 fully saturated rings. The average Bonchev–Trinajstić information content (AvgIpc) is 2.48. The second-order valence-electron chi connectivity index (χ2n) is 4.53. The molecule has 2 rings (SSSR count). The lowest BCUT2D eigenvalue weighted by atomic mass is 9.93. The lowest BCUT2D eigenvalue weighted by molar-refractivity contribution is 0.223. The first kappa shape index (κ1) is 14.6. The number of ether oxygens (including phenoxy) is 1. The Balaban J connectivity index is 2.38. The van der Waals surface area contributed by atoms with Gasteiger partial charge in [-0.15, -0.1) is 0 Å². The van der Waals surface area contributed by atoms with Crippen LogP contribution in [0.5, 0.6) is 5.75 Å². The Kier molecular flexibility index (Phi) is 4.42. The summed E-state index contributed by atoms with van der Waals surface area (Å²) in [5.74, 6) is 0.790. The van der Waals surface area contributed by atoms with Gasteiger partial charge in [-0.25, -0.2) is 9.97 Å². The van der Waals surface area contributed by atoms with Crippen molar-refractivity contribution in [1.82, 2.24) is 9.97 Å². The molecule has 0 bridgehead atoms. The number of benzene rings is 1. The predicted octanol–water partition coefficient (Wildman–Crippen LogP) is 2.46. The molecule has 0 spiro atoms. The lowest BCUT2D eigenvalue weighted by Crippen LogP contribution is -2.36. The molecule has 106 valence electrons. The third kappa shape index (κ3) is 2.84. The molecule has 0 amide bonds. The predicted molar refractivity (Wildman–Crippen MR) is 78.1 cm³/mol. The van der Waals surface area contributed by atoms with E-state index < -0.39 is 5.54 Å². The minimum Gasteiger partial charge on any atom is -0.490 e. The van der Waals surface area contributed by atoms with Crippen LogP contribution in [-0.2, 0) is 5.54 Å². The standard InChI is InChI=1S/C14H16ClN3O2/c1-14(8-19,10-6-4-3-5-7-10)18-13-11(20-2)12(15)16-9-17-13/h3-7,9,19H,8H2,1-2H3,(H,16,17,18). The number of hydrogen-bond donors (Lipinski definition) is 2. The number of methoxy groups -OCH3 is 1. The highest BCUT2D eigenvalue weighted by molar-refractivity contribution is 6.31. The fraction of sp³-hybridized carbons (Fsp3) is 0.286. The van der Waals surface area contributed by atoms with E-state index in [1.54, 1.807) is 0 Å². The Morgan fingerprint density at radius 1 is 1.30 bits per heavy atom. The molecule has 0 saturated heterocycles. The van der Waals surface area contributed by atoms with Crippen LogP contribution in [0.4, 0.5) is 5.82 Å². The maximum absolute atomic E-state index is 9.75. The SMILES string of the molecule is COc1c(Cl)ncnc1NC(C)(CO)c1ccccc1. The first-order chi connectivity index (χ1) is 9.60. The number of aromatic nitrogens is 2. The van der Waals surface area contributed by atoms with Crippen LogP contribution in [0.15, 0.2) is 36.7 Å². The van der Waals surface area contributed by atoms with Crippen molar-refractivity contribution in [3.05, 3.63) is 47.4 Å². The van der Waals surface area contributed by atoms with Crippen molar-refractivity contribution >= 4 is 17.4 Å². The number of rotatable bonds is 5. The third-order valence-electron chi connectivity index (χ3n) is 3.09. The molecule has 0 radical (unpaired) electrons. The summed E-state index contributed by atoms with van der Waals surface area (Å²) >= 11 is 5.97. The molecule has 0 aliphatic carbocycles. The molecule has 1 aromatic carbocycles. The number of nitrogens with zero attached hydrogens (tertiary/aromatic N) is 2. The molecule has 2 aromatic rings. The zero-order valence-corrected chi connectivity index (χ0v) is 12.1. The summed E-state index contributed by atoms with van der Waals surface area (Å²) in [7, 11) is 1.49. The Hall–Kier alpha value is -1.85. The van der Waals surface area contributed by atoms with Gasteiger partial charge in [-0.1, -0.05) is 41.9 Å². The topological polar surface area (TPSA) is 67.3 Å². The first-order valence-electron chi connectivity index (χ1n) is 6.10. The summed E-state index contributed by atoms with van der Waals surface area (Å²) in [5, 5.41) is 13.1. The Morgan fingerprint density at radius 2 is 2.00 bits per heavy atom. The van der Waals surface area contributed by atoms with Crippen molar-refractivity contribution in [1.29, 1.82) is 0 Å². The average molecular weight is 294 g/mol. The number of anilines is 1. The smallest absolute Gasteiger partial charge is 0.198 e. The fourth-order valence-corrected chi connectivity index (χ4v) is 2.10. The minimum absolute atomic E-state index is 0.109. The fourth-order valence-electron chi connectivity index (χ4n) is 1.89. The lowest BCUT2D eigenvalue weighted by Gasteiger charge is -2.30. The molecule has 0 aliphatic rings. The van der Waals surface area contributed by atoms with E-state index in [-0.39, 0.29) is 11.8 Å². The molecule has 1 aromatic heterocycles. The van der Waals surface area contributed by atoms with Gasteiger partial charge in [0.15, 0.2) is 16.7 Å². The van der Waals surface area contributed by atoms with Gasteiger partial charge in [0, 0.05) is 0 Å². The molecule has 5 nitrogen and oxygen atoms in total. The highest BCUT2D eigenvalue weighted by Crippen LogP contribution is 2.33. The molecule has 1 unspecified atom stereocenters. The molecule has 6 heteroatoms. The highest BCUT2D eigenvalue weighted by Gasteiger charge is 2.27. The van der Waals surface area contributed by atoms with Crippen LogP contribution in [0, 0.1) is 0 Å². The van der Waals surface area contributed by atoms with Crippen molar-refractivity contribution in [3.63, 3.8) is 0 Å². The zero-order chi connectivity index (χ0) is 14.6. The van der Waals surface area contributed by atoms with E-state index in [1.165, 1.54) is 13.4 Å². The summed E-state index contributed by atoms with van der Waals surface area (Å²) in [6.07, 6.45) is 1.34. The Labute approximate surface area is 122 Å². The van der Waals surface area contributed by atoms with Crippen LogP contribution in [-0.4, -0.2) is 28.8 Å². The molecule has 0 saturated carbocycles. The van der Waals surface area contributed by atoms with Gasteiger partial charge in [-0.3, -0.25) is 0 Å². The quantitative estimate of drug-likeness (QED) is 0.829. The molecule has 2 N–H and O–H groups in total. The first-order valence-corrected chi connectivity index (χ1v) is 6.47. The monoisotopic (exact) mass is 293 g/mol. The number of aliphatic hydroxyl groups excluding tert-OH is 1. The zero-order valence-electron chi connectivity index (χ0n) is 11.3. The summed E-state index contributed by atoms with van der Waals surface area (Å²) < 4.78 is 5.20. The van der Waals surface area contributed by atoms with Crippen LogP contribution in [0.25, 0.3) is 0 Å². The third-order valence-corrected chi connectivity index (χ3v) is 3.36. The normalized spacial score (nSPS) is 13.6. The summed E-state index contributed by atoms with van der Waals surface area (Å²) in [4.78, 5) is 7.99. The van der Waals surface area contributed by atoms with Gasteiger partial charge in [0.1, 0.15) is 6.33 Å². The molecular formula is C14H16ClN3O2. The summed E-state index contributed by atoms with van der Waals surface area (Å²) in [6.45, 7) is 1.76. The van der Waals surface area contributed by atoms with Crippen LogP contribution >= 0.6 is 11.6 Å². The van der Waals surface area contributed by atoms with E-state index in [4.69, 9.17) is 16.3 Å². The minimum atomic E-state index is -0.702. The van der Waals surface area contributed by atoms with Crippen molar-refractivity contribution < 1.29 is 9.84 Å². The Bertz CT molecular complexity index is 580. The molecule has 1 heterocycles. The Morgan fingerprint density at radius 3 is 2.60 bits per heavy atom. The summed E-state index contributed by atoms with van der Waals surface area (Å²) in [6, 6.07) is 9.60. The van der Waals surface area contributed by atoms with Crippen molar-refractivity contribution in [2.24, 2.45) is 0 Å². The van der Waals surface area contributed by atoms with Crippen LogP contribution in [0.3, 0.4) is 0 Å². The maximum Gasteiger partial charge on any atom is 0.198 e. The number of aliphatic hydroxyl groups is 1. The van der Waals surface area contributed by atoms with Gasteiger partial charge in [-0.05, 0) is 12.5 Å². The number of nitrogens with one attached hydrogen (secondary N) is 1. The van der Waals surface area contributed by atoms with Crippen LogP contribution < -0.4 is 10.1 Å². The van der Waals surface area contributed by atoms with Gasteiger partial charge < -0.3 is 15.2 Å².